The van der Waals surface area contributed by atoms with Gasteiger partial charge < -0.3 is 19.9 Å². The van der Waals surface area contributed by atoms with Crippen molar-refractivity contribution in [3.63, 3.8) is 0 Å². The van der Waals surface area contributed by atoms with Gasteiger partial charge in [0, 0.05) is 11.2 Å². The predicted molar refractivity (Wildman–Crippen MR) is 126 cm³/mol. The van der Waals surface area contributed by atoms with E-state index in [0.717, 1.165) is 16.8 Å². The molecule has 0 bridgehead atoms. The lowest BCUT2D eigenvalue weighted by Crippen LogP contribution is -2.37. The van der Waals surface area contributed by atoms with Gasteiger partial charge >= 0.3 is 0 Å². The maximum Gasteiger partial charge on any atom is 0.269 e. The SMILES string of the molecule is Cc1ccc(NC(=O)[C@H](COCCO)Oc2ncnc3c2cnn3-c2cccc(Cl)c2C)nc1. The second-order valence-electron chi connectivity index (χ2n) is 7.47. The Labute approximate surface area is 200 Å². The number of nitrogens with one attached hydrogen (secondary N) is 1. The summed E-state index contributed by atoms with van der Waals surface area (Å²) in [5.41, 5.74) is 3.06. The molecule has 2 N–H and O–H groups in total. The lowest BCUT2D eigenvalue weighted by Gasteiger charge is -2.18. The molecular formula is C23H23ClN6O4. The van der Waals surface area contributed by atoms with Crippen molar-refractivity contribution in [2.45, 2.75) is 20.0 Å². The molecule has 0 fully saturated rings. The first-order valence-corrected chi connectivity index (χ1v) is 10.9. The molecule has 1 atom stereocenters. The number of halogens is 1. The van der Waals surface area contributed by atoms with E-state index in [9.17, 15) is 4.79 Å². The molecule has 3 heterocycles. The highest BCUT2D eigenvalue weighted by molar-refractivity contribution is 6.31. The first-order chi connectivity index (χ1) is 16.5. The molecular weight excluding hydrogens is 460 g/mol. The Morgan fingerprint density at radius 1 is 1.18 bits per heavy atom. The Balaban J connectivity index is 1.62. The number of aryl methyl sites for hydroxylation is 1. The van der Waals surface area contributed by atoms with Crippen molar-refractivity contribution in [1.82, 2.24) is 24.7 Å². The van der Waals surface area contributed by atoms with Gasteiger partial charge in [-0.05, 0) is 43.2 Å². The van der Waals surface area contributed by atoms with Crippen LogP contribution in [0.3, 0.4) is 0 Å². The van der Waals surface area contributed by atoms with Gasteiger partial charge in [-0.1, -0.05) is 23.7 Å². The quantitative estimate of drug-likeness (QED) is 0.349. The van der Waals surface area contributed by atoms with E-state index >= 15 is 0 Å². The Bertz CT molecular complexity index is 1290. The molecule has 176 valence electrons. The van der Waals surface area contributed by atoms with Gasteiger partial charge in [0.15, 0.2) is 5.65 Å². The molecule has 0 radical (unpaired) electrons. The lowest BCUT2D eigenvalue weighted by atomic mass is 10.2. The van der Waals surface area contributed by atoms with Crippen molar-refractivity contribution in [3.8, 4) is 11.6 Å². The van der Waals surface area contributed by atoms with Crippen LogP contribution in [0.15, 0.2) is 49.1 Å². The molecule has 0 saturated carbocycles. The molecule has 4 rings (SSSR count). The third kappa shape index (κ3) is 5.14. The minimum Gasteiger partial charge on any atom is -0.461 e. The average Bonchev–Trinajstić information content (AvgIpc) is 3.26. The summed E-state index contributed by atoms with van der Waals surface area (Å²) < 4.78 is 13.0. The maximum atomic E-state index is 12.9. The van der Waals surface area contributed by atoms with Crippen molar-refractivity contribution in [2.75, 3.05) is 25.1 Å². The number of hydrogen-bond acceptors (Lipinski definition) is 8. The minimum atomic E-state index is -1.07. The minimum absolute atomic E-state index is 0.0566. The molecule has 0 aliphatic heterocycles. The van der Waals surface area contributed by atoms with Gasteiger partial charge in [0.25, 0.3) is 5.91 Å². The number of hydrogen-bond donors (Lipinski definition) is 2. The van der Waals surface area contributed by atoms with Crippen LogP contribution in [0.2, 0.25) is 5.02 Å². The normalized spacial score (nSPS) is 12.0. The van der Waals surface area contributed by atoms with Crippen LogP contribution in [0.1, 0.15) is 11.1 Å². The summed E-state index contributed by atoms with van der Waals surface area (Å²) in [6, 6.07) is 9.03. The van der Waals surface area contributed by atoms with E-state index in [-0.39, 0.29) is 25.7 Å². The maximum absolute atomic E-state index is 12.9. The number of carbonyl (C=O) groups excluding carboxylic acids is 1. The van der Waals surface area contributed by atoms with Gasteiger partial charge in [-0.25, -0.2) is 19.6 Å². The predicted octanol–water partition coefficient (Wildman–Crippen LogP) is 2.88. The van der Waals surface area contributed by atoms with Crippen LogP contribution in [0.5, 0.6) is 5.88 Å². The van der Waals surface area contributed by atoms with Crippen LogP contribution in [0, 0.1) is 13.8 Å². The van der Waals surface area contributed by atoms with Crippen LogP contribution >= 0.6 is 11.6 Å². The molecule has 0 aliphatic rings. The van der Waals surface area contributed by atoms with E-state index in [4.69, 9.17) is 26.2 Å². The average molecular weight is 483 g/mol. The van der Waals surface area contributed by atoms with E-state index < -0.39 is 12.0 Å². The number of amides is 1. The number of carbonyl (C=O) groups is 1. The second kappa shape index (κ2) is 10.6. The summed E-state index contributed by atoms with van der Waals surface area (Å²) in [6.45, 7) is 3.56. The number of pyridine rings is 1. The molecule has 3 aromatic heterocycles. The number of aromatic nitrogens is 5. The number of anilines is 1. The standard InChI is InChI=1S/C23H23ClN6O4/c1-14-6-7-20(25-10-14)29-22(32)19(12-33-9-8-31)34-23-16-11-28-30(21(16)26-13-27-23)18-5-3-4-17(24)15(18)2/h3-7,10-11,13,19,31H,8-9,12H2,1-2H3,(H,25,29,32)/t19-/m0/s1. The number of nitrogens with zero attached hydrogens (tertiary/aromatic N) is 5. The molecule has 0 aliphatic carbocycles. The van der Waals surface area contributed by atoms with E-state index in [1.807, 2.05) is 32.0 Å². The van der Waals surface area contributed by atoms with Crippen molar-refractivity contribution in [1.29, 1.82) is 0 Å². The number of fused-ring (bicyclic) bond motifs is 1. The van der Waals surface area contributed by atoms with Gasteiger partial charge in [0.1, 0.15) is 17.5 Å². The lowest BCUT2D eigenvalue weighted by molar-refractivity contribution is -0.125. The van der Waals surface area contributed by atoms with E-state index in [1.165, 1.54) is 6.33 Å². The molecule has 10 nitrogen and oxygen atoms in total. The zero-order valence-electron chi connectivity index (χ0n) is 18.6. The highest BCUT2D eigenvalue weighted by Gasteiger charge is 2.24. The Hall–Kier alpha value is -3.60. The molecule has 34 heavy (non-hydrogen) atoms. The third-order valence-corrected chi connectivity index (χ3v) is 5.42. The summed E-state index contributed by atoms with van der Waals surface area (Å²) in [5.74, 6) is 0.0723. The zero-order chi connectivity index (χ0) is 24.1. The summed E-state index contributed by atoms with van der Waals surface area (Å²) in [7, 11) is 0. The van der Waals surface area contributed by atoms with E-state index in [1.54, 1.807) is 29.2 Å². The van der Waals surface area contributed by atoms with Crippen LogP contribution in [0.25, 0.3) is 16.7 Å². The summed E-state index contributed by atoms with van der Waals surface area (Å²) in [4.78, 5) is 25.7. The van der Waals surface area contributed by atoms with Gasteiger partial charge in [0.2, 0.25) is 12.0 Å². The van der Waals surface area contributed by atoms with Gasteiger partial charge in [-0.15, -0.1) is 0 Å². The molecule has 1 aromatic carbocycles. The molecule has 11 heteroatoms. The smallest absolute Gasteiger partial charge is 0.269 e. The van der Waals surface area contributed by atoms with Gasteiger partial charge in [-0.2, -0.15) is 5.10 Å². The van der Waals surface area contributed by atoms with Crippen LogP contribution in [0.4, 0.5) is 5.82 Å². The van der Waals surface area contributed by atoms with Crippen LogP contribution < -0.4 is 10.1 Å². The Morgan fingerprint density at radius 3 is 2.79 bits per heavy atom. The molecule has 4 aromatic rings. The second-order valence-corrected chi connectivity index (χ2v) is 7.88. The highest BCUT2D eigenvalue weighted by Crippen LogP contribution is 2.28. The van der Waals surface area contributed by atoms with Crippen LogP contribution in [-0.2, 0) is 9.53 Å². The number of rotatable bonds is 9. The first kappa shape index (κ1) is 23.6. The van der Waals surface area contributed by atoms with Gasteiger partial charge in [0.05, 0.1) is 31.7 Å². The Kier molecular flexibility index (Phi) is 7.31. The third-order valence-electron chi connectivity index (χ3n) is 5.01. The number of ether oxygens (including phenoxy) is 2. The van der Waals surface area contributed by atoms with E-state index in [0.29, 0.717) is 21.9 Å². The summed E-state index contributed by atoms with van der Waals surface area (Å²) in [6.07, 6.45) is 3.48. The van der Waals surface area contributed by atoms with Crippen LogP contribution in [-0.4, -0.2) is 61.7 Å². The number of benzene rings is 1. The fourth-order valence-corrected chi connectivity index (χ4v) is 3.39. The summed E-state index contributed by atoms with van der Waals surface area (Å²) >= 11 is 6.27. The Morgan fingerprint density at radius 2 is 2.03 bits per heavy atom. The number of aliphatic hydroxyl groups excluding tert-OH is 1. The van der Waals surface area contributed by atoms with Gasteiger partial charge in [-0.3, -0.25) is 4.79 Å². The molecule has 0 spiro atoms. The first-order valence-electron chi connectivity index (χ1n) is 10.5. The fourth-order valence-electron chi connectivity index (χ4n) is 3.22. The van der Waals surface area contributed by atoms with Crippen molar-refractivity contribution in [2.24, 2.45) is 0 Å². The molecule has 1 amide bonds. The molecule has 0 unspecified atom stereocenters. The largest absolute Gasteiger partial charge is 0.461 e. The zero-order valence-corrected chi connectivity index (χ0v) is 19.4. The molecule has 0 saturated heterocycles. The summed E-state index contributed by atoms with van der Waals surface area (Å²) in [5, 5.41) is 17.3. The topological polar surface area (TPSA) is 124 Å². The van der Waals surface area contributed by atoms with Crippen molar-refractivity contribution in [3.05, 3.63) is 65.2 Å². The number of aliphatic hydroxyl groups is 1. The van der Waals surface area contributed by atoms with Crippen molar-refractivity contribution < 1.29 is 19.4 Å². The fraction of sp³-hybridized carbons (Fsp3) is 0.261. The highest BCUT2D eigenvalue weighted by atomic mass is 35.5. The monoisotopic (exact) mass is 482 g/mol. The van der Waals surface area contributed by atoms with E-state index in [2.05, 4.69) is 25.4 Å². The van der Waals surface area contributed by atoms with Crippen molar-refractivity contribution >= 4 is 34.4 Å².